The fourth-order valence-electron chi connectivity index (χ4n) is 3.23. The fraction of sp³-hybridized carbons (Fsp3) is 0.250. The van der Waals surface area contributed by atoms with Gasteiger partial charge in [0.15, 0.2) is 18.1 Å². The van der Waals surface area contributed by atoms with Crippen molar-refractivity contribution in [2.24, 2.45) is 0 Å². The lowest BCUT2D eigenvalue weighted by molar-refractivity contribution is -0.127. The molecule has 6 nitrogen and oxygen atoms in total. The molecular formula is C20H18N2O4. The predicted molar refractivity (Wildman–Crippen MR) is 96.0 cm³/mol. The number of anilines is 1. The number of amides is 1. The van der Waals surface area contributed by atoms with Crippen LogP contribution in [0, 0.1) is 0 Å². The molecule has 2 heterocycles. The van der Waals surface area contributed by atoms with Gasteiger partial charge in [-0.3, -0.25) is 4.79 Å². The third kappa shape index (κ3) is 2.83. The minimum Gasteiger partial charge on any atom is -0.449 e. The van der Waals surface area contributed by atoms with Crippen molar-refractivity contribution in [3.63, 3.8) is 0 Å². The molecule has 0 aliphatic carbocycles. The van der Waals surface area contributed by atoms with Crippen LogP contribution in [0.2, 0.25) is 0 Å². The van der Waals surface area contributed by atoms with Gasteiger partial charge >= 0.3 is 5.97 Å². The highest BCUT2D eigenvalue weighted by atomic mass is 16.5. The van der Waals surface area contributed by atoms with Crippen molar-refractivity contribution < 1.29 is 18.7 Å². The van der Waals surface area contributed by atoms with Crippen LogP contribution in [0.15, 0.2) is 53.3 Å². The number of para-hydroxylation sites is 1. The van der Waals surface area contributed by atoms with Crippen molar-refractivity contribution in [2.45, 2.75) is 25.9 Å². The van der Waals surface area contributed by atoms with Crippen molar-refractivity contribution in [2.75, 3.05) is 11.4 Å². The quantitative estimate of drug-likeness (QED) is 0.675. The molecule has 0 fully saturated rings. The second-order valence-electron chi connectivity index (χ2n) is 6.21. The number of carbonyl (C=O) groups is 2. The second kappa shape index (κ2) is 6.63. The van der Waals surface area contributed by atoms with Crippen LogP contribution in [0.25, 0.3) is 11.1 Å². The van der Waals surface area contributed by atoms with Crippen molar-refractivity contribution in [3.8, 4) is 0 Å². The zero-order valence-electron chi connectivity index (χ0n) is 14.3. The summed E-state index contributed by atoms with van der Waals surface area (Å²) in [5, 5.41) is 0. The molecule has 4 rings (SSSR count). The number of benzene rings is 2. The summed E-state index contributed by atoms with van der Waals surface area (Å²) in [4.78, 5) is 31.1. The molecule has 0 N–H and O–H groups in total. The molecule has 0 saturated heterocycles. The Morgan fingerprint density at radius 3 is 2.96 bits per heavy atom. The maximum absolute atomic E-state index is 12.9. The molecular weight excluding hydrogens is 332 g/mol. The minimum absolute atomic E-state index is 0.187. The Kier molecular flexibility index (Phi) is 4.16. The van der Waals surface area contributed by atoms with E-state index in [9.17, 15) is 9.59 Å². The zero-order chi connectivity index (χ0) is 18.1. The average molecular weight is 350 g/mol. The van der Waals surface area contributed by atoms with E-state index in [0.717, 1.165) is 17.7 Å². The van der Waals surface area contributed by atoms with E-state index in [1.54, 1.807) is 23.1 Å². The number of hydrogen-bond donors (Lipinski definition) is 0. The number of nitrogens with zero attached hydrogens (tertiary/aromatic N) is 2. The van der Waals surface area contributed by atoms with Crippen molar-refractivity contribution >= 4 is 28.7 Å². The molecule has 0 bridgehead atoms. The number of ether oxygens (including phenoxy) is 1. The Bertz CT molecular complexity index is 979. The van der Waals surface area contributed by atoms with Crippen LogP contribution in [0.4, 0.5) is 5.69 Å². The number of rotatable bonds is 4. The maximum atomic E-state index is 12.9. The van der Waals surface area contributed by atoms with Gasteiger partial charge in [-0.2, -0.15) is 0 Å². The number of carbonyl (C=O) groups excluding carboxylic acids is 2. The van der Waals surface area contributed by atoms with E-state index in [4.69, 9.17) is 9.15 Å². The first kappa shape index (κ1) is 16.3. The van der Waals surface area contributed by atoms with Gasteiger partial charge < -0.3 is 14.1 Å². The zero-order valence-corrected chi connectivity index (χ0v) is 14.3. The number of fused-ring (bicyclic) bond motifs is 2. The molecule has 6 heteroatoms. The van der Waals surface area contributed by atoms with Gasteiger partial charge in [0.1, 0.15) is 5.52 Å². The summed E-state index contributed by atoms with van der Waals surface area (Å²) in [5.74, 6) is -0.726. The van der Waals surface area contributed by atoms with E-state index in [-0.39, 0.29) is 5.91 Å². The molecule has 1 atom stereocenters. The normalized spacial score (nSPS) is 14.3. The van der Waals surface area contributed by atoms with Crippen LogP contribution < -0.4 is 4.90 Å². The van der Waals surface area contributed by atoms with E-state index in [1.807, 2.05) is 31.2 Å². The largest absolute Gasteiger partial charge is 0.449 e. The summed E-state index contributed by atoms with van der Waals surface area (Å²) < 4.78 is 10.7. The molecule has 1 aliphatic rings. The molecule has 26 heavy (non-hydrogen) atoms. The lowest BCUT2D eigenvalue weighted by Crippen LogP contribution is -2.40. The minimum atomic E-state index is -0.818. The second-order valence-corrected chi connectivity index (χ2v) is 6.21. The number of oxazole rings is 1. The Morgan fingerprint density at radius 1 is 1.27 bits per heavy atom. The van der Waals surface area contributed by atoms with Crippen LogP contribution in [-0.4, -0.2) is 29.5 Å². The smallest absolute Gasteiger partial charge is 0.338 e. The van der Waals surface area contributed by atoms with Gasteiger partial charge in [-0.05, 0) is 42.7 Å². The molecule has 1 unspecified atom stereocenters. The fourth-order valence-corrected chi connectivity index (χ4v) is 3.23. The summed E-state index contributed by atoms with van der Waals surface area (Å²) in [6.45, 7) is 2.44. The first-order valence-corrected chi connectivity index (χ1v) is 8.61. The Morgan fingerprint density at radius 2 is 2.12 bits per heavy atom. The van der Waals surface area contributed by atoms with Gasteiger partial charge in [0, 0.05) is 12.2 Å². The maximum Gasteiger partial charge on any atom is 0.338 e. The van der Waals surface area contributed by atoms with E-state index >= 15 is 0 Å². The Balaban J connectivity index is 1.52. The average Bonchev–Trinajstić information content (AvgIpc) is 3.31. The van der Waals surface area contributed by atoms with Crippen LogP contribution in [-0.2, 0) is 16.0 Å². The van der Waals surface area contributed by atoms with Gasteiger partial charge in [0.05, 0.1) is 5.56 Å². The standard InChI is InChI=1S/C20H18N2O4/c1-2-17(19(23)22-10-9-13-5-3-4-6-16(13)22)26-20(24)14-7-8-18-15(11-14)21-12-25-18/h3-8,11-12,17H,2,9-10H2,1H3. The number of hydrogen-bond acceptors (Lipinski definition) is 5. The van der Waals surface area contributed by atoms with E-state index in [0.29, 0.717) is 29.6 Å². The van der Waals surface area contributed by atoms with Gasteiger partial charge in [-0.15, -0.1) is 0 Å². The molecule has 0 radical (unpaired) electrons. The molecule has 1 aromatic heterocycles. The van der Waals surface area contributed by atoms with E-state index < -0.39 is 12.1 Å². The molecule has 3 aromatic rings. The number of esters is 1. The summed E-state index contributed by atoms with van der Waals surface area (Å²) >= 11 is 0. The van der Waals surface area contributed by atoms with E-state index in [2.05, 4.69) is 4.98 Å². The van der Waals surface area contributed by atoms with Gasteiger partial charge in [0.25, 0.3) is 5.91 Å². The third-order valence-corrected chi connectivity index (χ3v) is 4.61. The highest BCUT2D eigenvalue weighted by Gasteiger charge is 2.31. The summed E-state index contributed by atoms with van der Waals surface area (Å²) in [7, 11) is 0. The molecule has 1 amide bonds. The first-order valence-electron chi connectivity index (χ1n) is 8.61. The van der Waals surface area contributed by atoms with Crippen LogP contribution in [0.1, 0.15) is 29.3 Å². The lowest BCUT2D eigenvalue weighted by atomic mass is 10.1. The van der Waals surface area contributed by atoms with Gasteiger partial charge in [-0.25, -0.2) is 9.78 Å². The van der Waals surface area contributed by atoms with Crippen LogP contribution in [0.3, 0.4) is 0 Å². The molecule has 0 saturated carbocycles. The highest BCUT2D eigenvalue weighted by Crippen LogP contribution is 2.28. The summed E-state index contributed by atoms with van der Waals surface area (Å²) in [6.07, 6.45) is 1.73. The van der Waals surface area contributed by atoms with Gasteiger partial charge in [0.2, 0.25) is 0 Å². The SMILES string of the molecule is CCC(OC(=O)c1ccc2ocnc2c1)C(=O)N1CCc2ccccc21. The van der Waals surface area contributed by atoms with Crippen LogP contribution >= 0.6 is 0 Å². The first-order chi connectivity index (χ1) is 12.7. The van der Waals surface area contributed by atoms with Gasteiger partial charge in [-0.1, -0.05) is 25.1 Å². The molecule has 1 aliphatic heterocycles. The van der Waals surface area contributed by atoms with E-state index in [1.165, 1.54) is 6.39 Å². The summed E-state index contributed by atoms with van der Waals surface area (Å²) in [5.41, 5.74) is 3.56. The Hall–Kier alpha value is -3.15. The lowest BCUT2D eigenvalue weighted by Gasteiger charge is -2.23. The molecule has 2 aromatic carbocycles. The molecule has 0 spiro atoms. The van der Waals surface area contributed by atoms with Crippen LogP contribution in [0.5, 0.6) is 0 Å². The highest BCUT2D eigenvalue weighted by molar-refractivity contribution is 6.01. The topological polar surface area (TPSA) is 72.6 Å². The molecule has 132 valence electrons. The monoisotopic (exact) mass is 350 g/mol. The van der Waals surface area contributed by atoms with Crippen molar-refractivity contribution in [1.29, 1.82) is 0 Å². The Labute approximate surface area is 150 Å². The van der Waals surface area contributed by atoms with Crippen molar-refractivity contribution in [3.05, 3.63) is 60.0 Å². The third-order valence-electron chi connectivity index (χ3n) is 4.61. The van der Waals surface area contributed by atoms with Crippen molar-refractivity contribution in [1.82, 2.24) is 4.98 Å². The predicted octanol–water partition coefficient (Wildman–Crippen LogP) is 3.35. The summed E-state index contributed by atoms with van der Waals surface area (Å²) in [6, 6.07) is 12.7. The number of aromatic nitrogens is 1.